The fraction of sp³-hybridized carbons (Fsp3) is 0.278. The van der Waals surface area contributed by atoms with Crippen molar-refractivity contribution < 1.29 is 4.79 Å². The maximum absolute atomic E-state index is 12.7. The summed E-state index contributed by atoms with van der Waals surface area (Å²) in [6.45, 7) is 1.41. The third-order valence-corrected chi connectivity index (χ3v) is 5.61. The number of hydrogen-bond donors (Lipinski definition) is 1. The molecule has 1 fully saturated rings. The number of amides is 1. The molecule has 3 rings (SSSR count). The van der Waals surface area contributed by atoms with Gasteiger partial charge in [-0.25, -0.2) is 0 Å². The monoisotopic (exact) mass is 426 g/mol. The molecule has 0 saturated carbocycles. The second-order valence-electron chi connectivity index (χ2n) is 5.71. The Kier molecular flexibility index (Phi) is 7.16. The highest BCUT2D eigenvalue weighted by Gasteiger charge is 2.25. The molecular weight excluding hydrogens is 408 g/mol. The molecule has 0 aliphatic carbocycles. The largest absolute Gasteiger partial charge is 0.337 e. The van der Waals surface area contributed by atoms with Crippen molar-refractivity contribution in [3.05, 3.63) is 64.1 Å². The predicted molar refractivity (Wildman–Crippen MR) is 106 cm³/mol. The van der Waals surface area contributed by atoms with Gasteiger partial charge in [0.1, 0.15) is 0 Å². The van der Waals surface area contributed by atoms with Crippen LogP contribution < -0.4 is 5.73 Å². The summed E-state index contributed by atoms with van der Waals surface area (Å²) in [5, 5.41) is 0. The van der Waals surface area contributed by atoms with Gasteiger partial charge >= 0.3 is 0 Å². The van der Waals surface area contributed by atoms with E-state index in [1.54, 1.807) is 11.8 Å². The normalized spacial score (nSPS) is 16.8. The van der Waals surface area contributed by atoms with Gasteiger partial charge in [0.2, 0.25) is 0 Å². The summed E-state index contributed by atoms with van der Waals surface area (Å²) < 4.78 is 1.08. The molecule has 0 aromatic heterocycles. The van der Waals surface area contributed by atoms with Gasteiger partial charge in [-0.15, -0.1) is 24.2 Å². The number of likely N-dealkylation sites (tertiary alicyclic amines) is 1. The quantitative estimate of drug-likeness (QED) is 0.738. The summed E-state index contributed by atoms with van der Waals surface area (Å²) in [5.74, 6) is 0.939. The molecular formula is C18H20BrClN2OS. The molecule has 24 heavy (non-hydrogen) atoms. The average molecular weight is 428 g/mol. The molecule has 1 aliphatic rings. The molecule has 0 spiro atoms. The molecule has 1 aliphatic heterocycles. The van der Waals surface area contributed by atoms with Crippen molar-refractivity contribution in [2.24, 2.45) is 5.73 Å². The number of halogens is 2. The van der Waals surface area contributed by atoms with Crippen LogP contribution in [0, 0.1) is 0 Å². The Morgan fingerprint density at radius 3 is 2.58 bits per heavy atom. The summed E-state index contributed by atoms with van der Waals surface area (Å²) in [6, 6.07) is 16.2. The van der Waals surface area contributed by atoms with E-state index in [-0.39, 0.29) is 24.4 Å². The SMILES string of the molecule is Cl.N[C@@H]1CCN(C(=O)c2ccccc2SCc2ccc(Br)cc2)C1. The maximum Gasteiger partial charge on any atom is 0.255 e. The van der Waals surface area contributed by atoms with E-state index in [1.807, 2.05) is 41.3 Å². The zero-order valence-corrected chi connectivity index (χ0v) is 16.4. The standard InChI is InChI=1S/C18H19BrN2OS.ClH/c19-14-7-5-13(6-8-14)12-23-17-4-2-1-3-16(17)18(22)21-10-9-15(20)11-21;/h1-8,15H,9-12,20H2;1H/t15-;/m1./s1. The molecule has 1 atom stereocenters. The molecule has 128 valence electrons. The van der Waals surface area contributed by atoms with E-state index >= 15 is 0 Å². The van der Waals surface area contributed by atoms with Crippen molar-refractivity contribution in [2.45, 2.75) is 23.1 Å². The van der Waals surface area contributed by atoms with Crippen molar-refractivity contribution in [1.29, 1.82) is 0 Å². The van der Waals surface area contributed by atoms with Crippen molar-refractivity contribution in [1.82, 2.24) is 4.90 Å². The van der Waals surface area contributed by atoms with Gasteiger partial charge in [-0.3, -0.25) is 4.79 Å². The van der Waals surface area contributed by atoms with Gasteiger partial charge in [-0.05, 0) is 36.2 Å². The number of carbonyl (C=O) groups excluding carboxylic acids is 1. The van der Waals surface area contributed by atoms with Crippen LogP contribution in [0.3, 0.4) is 0 Å². The number of rotatable bonds is 4. The number of thioether (sulfide) groups is 1. The molecule has 1 saturated heterocycles. The second-order valence-corrected chi connectivity index (χ2v) is 7.64. The fourth-order valence-corrected chi connectivity index (χ4v) is 3.92. The molecule has 6 heteroatoms. The number of benzene rings is 2. The van der Waals surface area contributed by atoms with Crippen LogP contribution in [0.15, 0.2) is 57.9 Å². The van der Waals surface area contributed by atoms with Crippen LogP contribution >= 0.6 is 40.1 Å². The van der Waals surface area contributed by atoms with Crippen LogP contribution in [0.1, 0.15) is 22.3 Å². The van der Waals surface area contributed by atoms with Crippen molar-refractivity contribution in [3.63, 3.8) is 0 Å². The van der Waals surface area contributed by atoms with Crippen LogP contribution in [-0.4, -0.2) is 29.9 Å². The Morgan fingerprint density at radius 2 is 1.92 bits per heavy atom. The molecule has 3 nitrogen and oxygen atoms in total. The minimum Gasteiger partial charge on any atom is -0.337 e. The lowest BCUT2D eigenvalue weighted by molar-refractivity contribution is 0.0787. The number of carbonyl (C=O) groups is 1. The lowest BCUT2D eigenvalue weighted by Crippen LogP contribution is -2.32. The number of nitrogens with two attached hydrogens (primary N) is 1. The smallest absolute Gasteiger partial charge is 0.255 e. The third kappa shape index (κ3) is 4.76. The number of hydrogen-bond acceptors (Lipinski definition) is 3. The Labute approximate surface area is 161 Å². The first-order valence-electron chi connectivity index (χ1n) is 7.64. The van der Waals surface area contributed by atoms with Crippen LogP contribution in [0.5, 0.6) is 0 Å². The molecule has 0 radical (unpaired) electrons. The van der Waals surface area contributed by atoms with E-state index in [4.69, 9.17) is 5.73 Å². The predicted octanol–water partition coefficient (Wildman–Crippen LogP) is 4.34. The first-order chi connectivity index (χ1) is 11.1. The minimum atomic E-state index is 0. The van der Waals surface area contributed by atoms with Gasteiger partial charge in [0, 0.05) is 34.3 Å². The molecule has 2 N–H and O–H groups in total. The van der Waals surface area contributed by atoms with Gasteiger partial charge in [-0.2, -0.15) is 0 Å². The van der Waals surface area contributed by atoms with Crippen molar-refractivity contribution in [3.8, 4) is 0 Å². The van der Waals surface area contributed by atoms with Gasteiger partial charge in [0.25, 0.3) is 5.91 Å². The van der Waals surface area contributed by atoms with Crippen LogP contribution in [0.25, 0.3) is 0 Å². The van der Waals surface area contributed by atoms with E-state index in [0.717, 1.165) is 33.7 Å². The van der Waals surface area contributed by atoms with Gasteiger partial charge in [0.05, 0.1) is 5.56 Å². The van der Waals surface area contributed by atoms with E-state index < -0.39 is 0 Å². The minimum absolute atomic E-state index is 0. The Bertz CT molecular complexity index is 696. The van der Waals surface area contributed by atoms with Gasteiger partial charge in [0.15, 0.2) is 0 Å². The summed E-state index contributed by atoms with van der Waals surface area (Å²) in [5.41, 5.74) is 7.94. The highest BCUT2D eigenvalue weighted by molar-refractivity contribution is 9.10. The highest BCUT2D eigenvalue weighted by atomic mass is 79.9. The topological polar surface area (TPSA) is 46.3 Å². The molecule has 2 aromatic carbocycles. The molecule has 0 bridgehead atoms. The lowest BCUT2D eigenvalue weighted by Gasteiger charge is -2.18. The van der Waals surface area contributed by atoms with Gasteiger partial charge in [-0.1, -0.05) is 40.2 Å². The lowest BCUT2D eigenvalue weighted by atomic mass is 10.2. The van der Waals surface area contributed by atoms with Crippen LogP contribution in [0.4, 0.5) is 0 Å². The van der Waals surface area contributed by atoms with Gasteiger partial charge < -0.3 is 10.6 Å². The van der Waals surface area contributed by atoms with E-state index in [9.17, 15) is 4.79 Å². The third-order valence-electron chi connectivity index (χ3n) is 3.94. The molecule has 1 amide bonds. The maximum atomic E-state index is 12.7. The Hall–Kier alpha value is -1.01. The van der Waals surface area contributed by atoms with Crippen molar-refractivity contribution in [2.75, 3.05) is 13.1 Å². The molecule has 1 heterocycles. The molecule has 2 aromatic rings. The first kappa shape index (κ1) is 19.3. The summed E-state index contributed by atoms with van der Waals surface area (Å²) in [7, 11) is 0. The zero-order chi connectivity index (χ0) is 16.2. The number of nitrogens with zero attached hydrogens (tertiary/aromatic N) is 1. The van der Waals surface area contributed by atoms with E-state index in [2.05, 4.69) is 28.1 Å². The Morgan fingerprint density at radius 1 is 1.21 bits per heavy atom. The van der Waals surface area contributed by atoms with E-state index in [1.165, 1.54) is 5.56 Å². The second kappa shape index (κ2) is 8.90. The van der Waals surface area contributed by atoms with E-state index in [0.29, 0.717) is 6.54 Å². The van der Waals surface area contributed by atoms with Crippen LogP contribution in [-0.2, 0) is 5.75 Å². The fourth-order valence-electron chi connectivity index (χ4n) is 2.65. The molecule has 0 unspecified atom stereocenters. The summed E-state index contributed by atoms with van der Waals surface area (Å²) in [4.78, 5) is 15.6. The Balaban J connectivity index is 0.00000208. The van der Waals surface area contributed by atoms with Crippen molar-refractivity contribution >= 4 is 46.0 Å². The summed E-state index contributed by atoms with van der Waals surface area (Å²) >= 11 is 5.15. The van der Waals surface area contributed by atoms with Crippen LogP contribution in [0.2, 0.25) is 0 Å². The average Bonchev–Trinajstić information content (AvgIpc) is 3.00. The summed E-state index contributed by atoms with van der Waals surface area (Å²) in [6.07, 6.45) is 0.889. The zero-order valence-electron chi connectivity index (χ0n) is 13.2. The highest BCUT2D eigenvalue weighted by Crippen LogP contribution is 2.28. The first-order valence-corrected chi connectivity index (χ1v) is 9.42.